The summed E-state index contributed by atoms with van der Waals surface area (Å²) in [5, 5.41) is 4.19. The number of nitrogens with zero attached hydrogens (tertiary/aromatic N) is 11. The summed E-state index contributed by atoms with van der Waals surface area (Å²) in [5.41, 5.74) is 7.40. The molecule has 0 atom stereocenters. The Bertz CT molecular complexity index is 3010. The molecule has 0 unspecified atom stereocenters. The molecule has 0 fully saturated rings. The number of pyridine rings is 2. The number of hydrogen-bond acceptors (Lipinski definition) is 14. The van der Waals surface area contributed by atoms with E-state index in [4.69, 9.17) is 4.98 Å². The van der Waals surface area contributed by atoms with Crippen LogP contribution in [-0.4, -0.2) is 59.8 Å². The van der Waals surface area contributed by atoms with Crippen molar-refractivity contribution in [1.82, 2.24) is 59.8 Å². The minimum Gasteiger partial charge on any atom is -0.337 e. The second kappa shape index (κ2) is 18.4. The Morgan fingerprint density at radius 2 is 0.836 bits per heavy atom. The van der Waals surface area contributed by atoms with Crippen LogP contribution in [-0.2, 0) is 19.5 Å². The maximum atomic E-state index is 5.01. The van der Waals surface area contributed by atoms with E-state index in [-0.39, 0.29) is 19.5 Å². The van der Waals surface area contributed by atoms with Gasteiger partial charge in [-0.3, -0.25) is 9.97 Å². The Morgan fingerprint density at radius 3 is 1.31 bits per heavy atom. The van der Waals surface area contributed by atoms with Crippen molar-refractivity contribution in [2.24, 2.45) is 0 Å². The zero-order valence-electron chi connectivity index (χ0n) is 33.1. The first-order valence-corrected chi connectivity index (χ1v) is 21.3. The molecule has 1 N–H and O–H groups in total. The quantitative estimate of drug-likeness (QED) is 0.129. The first-order chi connectivity index (χ1) is 29.4. The molecular formula is C45H34N12RuS3+3. The molecule has 0 aliphatic heterocycles. The summed E-state index contributed by atoms with van der Waals surface area (Å²) in [6.45, 7) is 7.67. The normalized spacial score (nSPS) is 10.8. The van der Waals surface area contributed by atoms with Crippen LogP contribution in [0.3, 0.4) is 0 Å². The second-order valence-electron chi connectivity index (χ2n) is 13.5. The van der Waals surface area contributed by atoms with Crippen molar-refractivity contribution in [2.75, 3.05) is 0 Å². The van der Waals surface area contributed by atoms with Gasteiger partial charge in [-0.05, 0) is 112 Å². The van der Waals surface area contributed by atoms with Crippen molar-refractivity contribution in [3.8, 4) is 53.5 Å². The summed E-state index contributed by atoms with van der Waals surface area (Å²) < 4.78 is 0. The zero-order chi connectivity index (χ0) is 41.0. The van der Waals surface area contributed by atoms with Crippen molar-refractivity contribution in [3.05, 3.63) is 150 Å². The van der Waals surface area contributed by atoms with Gasteiger partial charge in [0.1, 0.15) is 5.82 Å². The van der Waals surface area contributed by atoms with Gasteiger partial charge < -0.3 is 4.98 Å². The number of rotatable bonds is 5. The molecule has 16 heteroatoms. The van der Waals surface area contributed by atoms with Gasteiger partial charge in [0.25, 0.3) is 0 Å². The number of fused-ring (bicyclic) bond motifs is 6. The third-order valence-corrected chi connectivity index (χ3v) is 12.5. The molecule has 0 spiro atoms. The van der Waals surface area contributed by atoms with Gasteiger partial charge in [-0.2, -0.15) is 0 Å². The van der Waals surface area contributed by atoms with E-state index in [1.807, 2.05) is 87.8 Å². The largest absolute Gasteiger partial charge is 3.00 e. The molecule has 11 aromatic rings. The summed E-state index contributed by atoms with van der Waals surface area (Å²) in [6.07, 6.45) is 10.5. The van der Waals surface area contributed by atoms with E-state index >= 15 is 0 Å². The van der Waals surface area contributed by atoms with E-state index in [9.17, 15) is 0 Å². The average Bonchev–Trinajstić information content (AvgIpc) is 4.12. The van der Waals surface area contributed by atoms with Gasteiger partial charge in [-0.1, -0.05) is 6.07 Å². The topological polar surface area (TPSA) is 158 Å². The number of hydrogen-bond donors (Lipinski definition) is 1. The van der Waals surface area contributed by atoms with Gasteiger partial charge >= 0.3 is 19.5 Å². The molecule has 0 amide bonds. The average molecular weight is 940 g/mol. The number of aromatic amines is 1. The number of H-pyrrole nitrogens is 1. The van der Waals surface area contributed by atoms with Gasteiger partial charge in [-0.25, -0.2) is 44.9 Å². The smallest absolute Gasteiger partial charge is 0.337 e. The van der Waals surface area contributed by atoms with Crippen LogP contribution in [0.5, 0.6) is 0 Å². The van der Waals surface area contributed by atoms with E-state index in [0.29, 0.717) is 23.3 Å². The van der Waals surface area contributed by atoms with Gasteiger partial charge in [-0.15, -0.1) is 34.0 Å². The first-order valence-electron chi connectivity index (χ1n) is 18.8. The van der Waals surface area contributed by atoms with E-state index in [1.54, 1.807) is 47.5 Å². The Morgan fingerprint density at radius 1 is 0.393 bits per heavy atom. The summed E-state index contributed by atoms with van der Waals surface area (Å²) >= 11 is 5.38. The molecule has 0 aliphatic carbocycles. The van der Waals surface area contributed by atoms with Crippen LogP contribution in [0.4, 0.5) is 0 Å². The number of aryl methyl sites for hydroxylation is 4. The number of aromatic nitrogens is 12. The fraction of sp³-hybridized carbons (Fsp3) is 0.0889. The van der Waals surface area contributed by atoms with Crippen LogP contribution in [0.2, 0.25) is 0 Å². The maximum absolute atomic E-state index is 5.01. The SMILES string of the molecule is Cc1ccnc(-c2nccc(C)n2)n1.Cc1ccnc(-c2nccc(C)n2)n1.[Ru+3].c1csc(-c2ccc(-c3ccc(-c4nc5c6cccnc6c6ncccc6c5[nH]4)s3)s2)c1. The minimum absolute atomic E-state index is 0. The van der Waals surface area contributed by atoms with Gasteiger partial charge in [0.2, 0.25) is 0 Å². The van der Waals surface area contributed by atoms with E-state index < -0.39 is 0 Å². The van der Waals surface area contributed by atoms with E-state index in [0.717, 1.165) is 66.3 Å². The number of imidazole rings is 1. The second-order valence-corrected chi connectivity index (χ2v) is 16.6. The molecule has 10 aromatic heterocycles. The molecule has 0 saturated carbocycles. The molecule has 0 bridgehead atoms. The Hall–Kier alpha value is -6.45. The van der Waals surface area contributed by atoms with Crippen LogP contribution in [0.25, 0.3) is 86.3 Å². The van der Waals surface area contributed by atoms with Crippen LogP contribution in [0, 0.1) is 27.7 Å². The van der Waals surface area contributed by atoms with Crippen LogP contribution in [0.15, 0.2) is 127 Å². The number of nitrogens with one attached hydrogen (secondary N) is 1. The molecule has 1 radical (unpaired) electrons. The summed E-state index contributed by atoms with van der Waals surface area (Å²) in [4.78, 5) is 57.5. The summed E-state index contributed by atoms with van der Waals surface area (Å²) in [5.74, 6) is 3.19. The Labute approximate surface area is 375 Å². The Balaban J connectivity index is 0.000000147. The fourth-order valence-electron chi connectivity index (χ4n) is 6.31. The molecule has 61 heavy (non-hydrogen) atoms. The minimum atomic E-state index is 0. The standard InChI is InChI=1S/C25H14N4S3.2C10H10N4.Ru/c1-4-14-21(26-11-1)22-15(5-2-12-27-22)24-23(14)28-25(29-24)20-10-9-19(32-20)18-8-7-17(31-18)16-6-3-13-30-16;2*1-7-3-5-11-9(13-7)10-12-6-4-8(2)14-10;/h1-13H,(H,28,29);2*3-6H,1-2H3;/q;;;+3. The van der Waals surface area contributed by atoms with E-state index in [2.05, 4.69) is 109 Å². The van der Waals surface area contributed by atoms with Crippen LogP contribution in [0.1, 0.15) is 22.8 Å². The predicted octanol–water partition coefficient (Wildman–Crippen LogP) is 10.9. The zero-order valence-corrected chi connectivity index (χ0v) is 37.3. The Kier molecular flexibility index (Phi) is 12.5. The van der Waals surface area contributed by atoms with E-state index in [1.165, 1.54) is 19.5 Å². The van der Waals surface area contributed by atoms with Crippen LogP contribution < -0.4 is 0 Å². The van der Waals surface area contributed by atoms with Gasteiger partial charge in [0.15, 0.2) is 23.3 Å². The van der Waals surface area contributed by atoms with Gasteiger partial charge in [0, 0.05) is 90.2 Å². The van der Waals surface area contributed by atoms with Crippen molar-refractivity contribution >= 4 is 66.8 Å². The summed E-state index contributed by atoms with van der Waals surface area (Å²) in [6, 6.07) is 28.5. The third-order valence-electron chi connectivity index (χ3n) is 9.10. The third kappa shape index (κ3) is 9.17. The molecule has 11 rings (SSSR count). The molecule has 10 heterocycles. The fourth-order valence-corrected chi connectivity index (χ4v) is 9.19. The van der Waals surface area contributed by atoms with Crippen molar-refractivity contribution in [3.63, 3.8) is 0 Å². The van der Waals surface area contributed by atoms with Crippen molar-refractivity contribution < 1.29 is 19.5 Å². The molecule has 0 saturated heterocycles. The first kappa shape index (κ1) is 41.3. The molecule has 297 valence electrons. The maximum Gasteiger partial charge on any atom is 3.00 e. The predicted molar refractivity (Wildman–Crippen MR) is 242 cm³/mol. The number of benzene rings is 1. The van der Waals surface area contributed by atoms with Crippen molar-refractivity contribution in [2.45, 2.75) is 27.7 Å². The number of thiophene rings is 3. The van der Waals surface area contributed by atoms with Gasteiger partial charge in [0.05, 0.1) is 26.9 Å². The molecule has 1 aromatic carbocycles. The molecule has 0 aliphatic rings. The molecular weight excluding hydrogens is 906 g/mol. The van der Waals surface area contributed by atoms with Crippen LogP contribution >= 0.6 is 34.0 Å². The monoisotopic (exact) mass is 940 g/mol. The van der Waals surface area contributed by atoms with Crippen molar-refractivity contribution in [1.29, 1.82) is 0 Å². The molecule has 12 nitrogen and oxygen atoms in total. The summed E-state index contributed by atoms with van der Waals surface area (Å²) in [7, 11) is 0.